The molecule has 0 bridgehead atoms. The third-order valence-electron chi connectivity index (χ3n) is 2.01. The first-order chi connectivity index (χ1) is 7.99. The molecule has 96 valence electrons. The highest BCUT2D eigenvalue weighted by atomic mass is 16.4. The molecular weight excluding hydrogens is 226 g/mol. The molecule has 0 saturated heterocycles. The molecule has 0 rings (SSSR count). The number of hydrogen-bond acceptors (Lipinski definition) is 4. The maximum absolute atomic E-state index is 11.2. The predicted octanol–water partition coefficient (Wildman–Crippen LogP) is 0.778. The third kappa shape index (κ3) is 7.10. The van der Waals surface area contributed by atoms with Gasteiger partial charge in [0.1, 0.15) is 12.0 Å². The lowest BCUT2D eigenvalue weighted by atomic mass is 10.1. The zero-order chi connectivity index (χ0) is 13.3. The summed E-state index contributed by atoms with van der Waals surface area (Å²) >= 11 is 0. The summed E-state index contributed by atoms with van der Waals surface area (Å²) in [7, 11) is 0. The van der Waals surface area contributed by atoms with Gasteiger partial charge in [-0.25, -0.2) is 4.79 Å². The Morgan fingerprint density at radius 1 is 1.18 bits per heavy atom. The fraction of sp³-hybridized carbons (Fsp3) is 0.545. The van der Waals surface area contributed by atoms with E-state index in [0.717, 1.165) is 25.5 Å². The molecule has 0 fully saturated rings. The molecule has 0 aliphatic carbocycles. The summed E-state index contributed by atoms with van der Waals surface area (Å²) in [5.41, 5.74) is -0.524. The summed E-state index contributed by atoms with van der Waals surface area (Å²) in [5, 5.41) is 19.8. The lowest BCUT2D eigenvalue weighted by molar-refractivity contribution is -0.140. The van der Waals surface area contributed by atoms with Crippen molar-refractivity contribution in [2.75, 3.05) is 6.54 Å². The molecule has 0 spiro atoms. The molecule has 17 heavy (non-hydrogen) atoms. The summed E-state index contributed by atoms with van der Waals surface area (Å²) in [5.74, 6) is -3.67. The molecule has 0 aromatic rings. The Hall–Kier alpha value is -1.85. The Morgan fingerprint density at radius 2 is 1.82 bits per heavy atom. The van der Waals surface area contributed by atoms with E-state index in [2.05, 4.69) is 5.32 Å². The fourth-order valence-electron chi connectivity index (χ4n) is 1.15. The van der Waals surface area contributed by atoms with Crippen LogP contribution in [0.2, 0.25) is 0 Å². The number of ketones is 1. The van der Waals surface area contributed by atoms with Gasteiger partial charge in [-0.2, -0.15) is 0 Å². The Morgan fingerprint density at radius 3 is 2.29 bits per heavy atom. The van der Waals surface area contributed by atoms with Crippen LogP contribution in [-0.2, 0) is 14.4 Å². The van der Waals surface area contributed by atoms with Crippen LogP contribution in [0.1, 0.15) is 32.6 Å². The van der Waals surface area contributed by atoms with E-state index in [1.165, 1.54) is 0 Å². The average Bonchev–Trinajstić information content (AvgIpc) is 2.21. The second-order valence-corrected chi connectivity index (χ2v) is 3.52. The van der Waals surface area contributed by atoms with Crippen LogP contribution in [0.15, 0.2) is 11.8 Å². The SMILES string of the molecule is CCCCCNC=C(C(=O)O)C(=O)CC(=O)O. The lowest BCUT2D eigenvalue weighted by Gasteiger charge is -2.02. The second kappa shape index (κ2) is 8.32. The topological polar surface area (TPSA) is 104 Å². The Balaban J connectivity index is 4.31. The molecule has 0 aliphatic heterocycles. The van der Waals surface area contributed by atoms with Gasteiger partial charge in [0.25, 0.3) is 0 Å². The van der Waals surface area contributed by atoms with Gasteiger partial charge in [0.05, 0.1) is 0 Å². The number of aliphatic carboxylic acids is 2. The summed E-state index contributed by atoms with van der Waals surface area (Å²) < 4.78 is 0. The van der Waals surface area contributed by atoms with Gasteiger partial charge < -0.3 is 15.5 Å². The van der Waals surface area contributed by atoms with Crippen molar-refractivity contribution in [2.24, 2.45) is 0 Å². The molecule has 0 aromatic heterocycles. The van der Waals surface area contributed by atoms with Crippen molar-refractivity contribution in [1.82, 2.24) is 5.32 Å². The van der Waals surface area contributed by atoms with Gasteiger partial charge in [0.2, 0.25) is 0 Å². The van der Waals surface area contributed by atoms with E-state index in [0.29, 0.717) is 6.54 Å². The van der Waals surface area contributed by atoms with E-state index >= 15 is 0 Å². The van der Waals surface area contributed by atoms with Crippen molar-refractivity contribution >= 4 is 17.7 Å². The molecule has 0 unspecified atom stereocenters. The average molecular weight is 243 g/mol. The monoisotopic (exact) mass is 243 g/mol. The lowest BCUT2D eigenvalue weighted by Crippen LogP contribution is -2.19. The first-order valence-electron chi connectivity index (χ1n) is 5.40. The van der Waals surface area contributed by atoms with Gasteiger partial charge in [-0.3, -0.25) is 9.59 Å². The minimum Gasteiger partial charge on any atom is -0.481 e. The normalized spacial score (nSPS) is 11.0. The van der Waals surface area contributed by atoms with Crippen LogP contribution in [0.5, 0.6) is 0 Å². The number of carboxylic acid groups (broad SMARTS) is 2. The number of hydrogen-bond donors (Lipinski definition) is 3. The summed E-state index contributed by atoms with van der Waals surface area (Å²) in [6, 6.07) is 0. The highest BCUT2D eigenvalue weighted by Crippen LogP contribution is 2.00. The summed E-state index contributed by atoms with van der Waals surface area (Å²) in [6.45, 7) is 2.60. The molecule has 0 saturated carbocycles. The predicted molar refractivity (Wildman–Crippen MR) is 60.5 cm³/mol. The maximum Gasteiger partial charge on any atom is 0.340 e. The molecule has 0 heterocycles. The summed E-state index contributed by atoms with van der Waals surface area (Å²) in [6.07, 6.45) is 3.17. The quantitative estimate of drug-likeness (QED) is 0.239. The van der Waals surface area contributed by atoms with E-state index in [1.807, 2.05) is 6.92 Å². The molecule has 0 atom stereocenters. The number of carbonyl (C=O) groups is 3. The number of carbonyl (C=O) groups excluding carboxylic acids is 1. The highest BCUT2D eigenvalue weighted by molar-refractivity contribution is 6.20. The maximum atomic E-state index is 11.2. The minimum absolute atomic E-state index is 0.524. The molecule has 3 N–H and O–H groups in total. The van der Waals surface area contributed by atoms with E-state index in [1.54, 1.807) is 0 Å². The van der Waals surface area contributed by atoms with E-state index in [-0.39, 0.29) is 0 Å². The van der Waals surface area contributed by atoms with E-state index in [4.69, 9.17) is 10.2 Å². The number of nitrogens with one attached hydrogen (secondary N) is 1. The Bertz CT molecular complexity index is 322. The van der Waals surface area contributed by atoms with Crippen LogP contribution in [0.4, 0.5) is 0 Å². The number of unbranched alkanes of at least 4 members (excludes halogenated alkanes) is 2. The molecule has 0 aliphatic rings. The highest BCUT2D eigenvalue weighted by Gasteiger charge is 2.19. The zero-order valence-electron chi connectivity index (χ0n) is 9.73. The van der Waals surface area contributed by atoms with E-state index in [9.17, 15) is 14.4 Å². The molecule has 6 heteroatoms. The molecule has 0 amide bonds. The van der Waals surface area contributed by atoms with Crippen molar-refractivity contribution < 1.29 is 24.6 Å². The van der Waals surface area contributed by atoms with Crippen molar-refractivity contribution in [1.29, 1.82) is 0 Å². The van der Waals surface area contributed by atoms with Crippen LogP contribution in [0.3, 0.4) is 0 Å². The van der Waals surface area contributed by atoms with Gasteiger partial charge in [0.15, 0.2) is 5.78 Å². The molecular formula is C11H17NO5. The molecule has 0 aromatic carbocycles. The number of Topliss-reactive ketones (excluding diaryl/α,β-unsaturated/α-hetero) is 1. The smallest absolute Gasteiger partial charge is 0.340 e. The molecule has 0 radical (unpaired) electrons. The van der Waals surface area contributed by atoms with Crippen molar-refractivity contribution in [3.05, 3.63) is 11.8 Å². The van der Waals surface area contributed by atoms with E-state index < -0.39 is 29.7 Å². The Labute approximate surface area is 99.3 Å². The van der Waals surface area contributed by atoms with Crippen molar-refractivity contribution in [3.63, 3.8) is 0 Å². The van der Waals surface area contributed by atoms with Crippen LogP contribution in [0, 0.1) is 0 Å². The second-order valence-electron chi connectivity index (χ2n) is 3.52. The van der Waals surface area contributed by atoms with Crippen LogP contribution in [-0.4, -0.2) is 34.5 Å². The molecule has 6 nitrogen and oxygen atoms in total. The van der Waals surface area contributed by atoms with Crippen molar-refractivity contribution in [2.45, 2.75) is 32.6 Å². The first-order valence-corrected chi connectivity index (χ1v) is 5.40. The summed E-state index contributed by atoms with van der Waals surface area (Å²) in [4.78, 5) is 32.3. The van der Waals surface area contributed by atoms with Gasteiger partial charge in [-0.05, 0) is 6.42 Å². The van der Waals surface area contributed by atoms with Crippen molar-refractivity contribution in [3.8, 4) is 0 Å². The van der Waals surface area contributed by atoms with Gasteiger partial charge >= 0.3 is 11.9 Å². The third-order valence-corrected chi connectivity index (χ3v) is 2.01. The Kier molecular flexibility index (Phi) is 7.41. The van der Waals surface area contributed by atoms with Crippen LogP contribution in [0.25, 0.3) is 0 Å². The number of rotatable bonds is 9. The fourth-order valence-corrected chi connectivity index (χ4v) is 1.15. The van der Waals surface area contributed by atoms with Gasteiger partial charge in [-0.15, -0.1) is 0 Å². The standard InChI is InChI=1S/C11H17NO5/c1-2-3-4-5-12-7-8(11(16)17)9(13)6-10(14)15/h7,12H,2-6H2,1H3,(H,14,15)(H,16,17). The van der Waals surface area contributed by atoms with Crippen LogP contribution < -0.4 is 5.32 Å². The zero-order valence-corrected chi connectivity index (χ0v) is 9.73. The first kappa shape index (κ1) is 15.2. The number of carboxylic acids is 2. The van der Waals surface area contributed by atoms with Crippen LogP contribution >= 0.6 is 0 Å². The van der Waals surface area contributed by atoms with Gasteiger partial charge in [0, 0.05) is 12.7 Å². The minimum atomic E-state index is -1.42. The van der Waals surface area contributed by atoms with Gasteiger partial charge in [-0.1, -0.05) is 19.8 Å². The largest absolute Gasteiger partial charge is 0.481 e.